The van der Waals surface area contributed by atoms with E-state index < -0.39 is 0 Å². The molecule has 1 heterocycles. The molecule has 110 valence electrons. The smallest absolute Gasteiger partial charge is 0.227 e. The molecule has 1 unspecified atom stereocenters. The first-order valence-corrected chi connectivity index (χ1v) is 7.72. The average molecular weight is 282 g/mol. The van der Waals surface area contributed by atoms with Gasteiger partial charge in [0.05, 0.1) is 6.42 Å². The van der Waals surface area contributed by atoms with Gasteiger partial charge in [-0.25, -0.2) is 0 Å². The van der Waals surface area contributed by atoms with Gasteiger partial charge in [0.15, 0.2) is 0 Å². The van der Waals surface area contributed by atoms with Crippen LogP contribution in [0.4, 0.5) is 0 Å². The maximum atomic E-state index is 12.5. The van der Waals surface area contributed by atoms with Crippen molar-refractivity contribution in [3.05, 3.63) is 48.0 Å². The van der Waals surface area contributed by atoms with Crippen molar-refractivity contribution in [2.45, 2.75) is 19.3 Å². The van der Waals surface area contributed by atoms with Crippen molar-refractivity contribution in [1.29, 1.82) is 0 Å². The van der Waals surface area contributed by atoms with Crippen molar-refractivity contribution in [2.75, 3.05) is 19.6 Å². The van der Waals surface area contributed by atoms with Crippen LogP contribution >= 0.6 is 0 Å². The third kappa shape index (κ3) is 3.08. The molecule has 1 amide bonds. The Morgan fingerprint density at radius 3 is 2.86 bits per heavy atom. The van der Waals surface area contributed by atoms with E-state index in [1.807, 2.05) is 23.1 Å². The van der Waals surface area contributed by atoms with Crippen LogP contribution in [-0.2, 0) is 11.2 Å². The van der Waals surface area contributed by atoms with E-state index in [9.17, 15) is 4.79 Å². The summed E-state index contributed by atoms with van der Waals surface area (Å²) in [6.45, 7) is 2.48. The Labute approximate surface area is 125 Å². The summed E-state index contributed by atoms with van der Waals surface area (Å²) in [6.07, 6.45) is 2.62. The zero-order valence-electron chi connectivity index (χ0n) is 12.3. The maximum absolute atomic E-state index is 12.5. The van der Waals surface area contributed by atoms with Crippen LogP contribution in [0, 0.1) is 5.92 Å². The molecule has 3 rings (SSSR count). The first-order valence-electron chi connectivity index (χ1n) is 7.72. The van der Waals surface area contributed by atoms with Crippen molar-refractivity contribution in [3.8, 4) is 0 Å². The lowest BCUT2D eigenvalue weighted by Crippen LogP contribution is -2.30. The van der Waals surface area contributed by atoms with Gasteiger partial charge >= 0.3 is 0 Å². The number of carbonyl (C=O) groups excluding carboxylic acids is 1. The molecule has 0 aromatic heterocycles. The largest absolute Gasteiger partial charge is 0.342 e. The second-order valence-electron chi connectivity index (χ2n) is 5.89. The van der Waals surface area contributed by atoms with Gasteiger partial charge in [-0.1, -0.05) is 42.5 Å². The maximum Gasteiger partial charge on any atom is 0.227 e. The normalized spacial score (nSPS) is 18.3. The number of benzene rings is 2. The highest BCUT2D eigenvalue weighted by molar-refractivity contribution is 5.90. The molecule has 3 nitrogen and oxygen atoms in total. The van der Waals surface area contributed by atoms with Crippen LogP contribution in [0.15, 0.2) is 42.5 Å². The first kappa shape index (κ1) is 14.1. The minimum absolute atomic E-state index is 0.242. The number of amides is 1. The molecule has 1 aliphatic heterocycles. The molecular formula is C18H22N2O. The van der Waals surface area contributed by atoms with E-state index in [0.29, 0.717) is 12.3 Å². The predicted octanol–water partition coefficient (Wildman–Crippen LogP) is 2.58. The van der Waals surface area contributed by atoms with Crippen LogP contribution in [0.3, 0.4) is 0 Å². The lowest BCUT2D eigenvalue weighted by Gasteiger charge is -2.17. The van der Waals surface area contributed by atoms with Gasteiger partial charge in [-0.15, -0.1) is 0 Å². The molecule has 1 saturated heterocycles. The quantitative estimate of drug-likeness (QED) is 0.937. The zero-order valence-corrected chi connectivity index (χ0v) is 12.3. The van der Waals surface area contributed by atoms with E-state index in [0.717, 1.165) is 38.0 Å². The second kappa shape index (κ2) is 6.27. The summed E-state index contributed by atoms with van der Waals surface area (Å²) in [5, 5.41) is 2.39. The summed E-state index contributed by atoms with van der Waals surface area (Å²) < 4.78 is 0. The molecule has 0 saturated carbocycles. The Balaban J connectivity index is 1.72. The highest BCUT2D eigenvalue weighted by atomic mass is 16.2. The molecule has 1 aliphatic rings. The number of carbonyl (C=O) groups is 1. The number of hydrogen-bond donors (Lipinski definition) is 1. The van der Waals surface area contributed by atoms with E-state index in [-0.39, 0.29) is 5.91 Å². The Hall–Kier alpha value is -1.87. The third-order valence-corrected chi connectivity index (χ3v) is 4.44. The SMILES string of the molecule is NCCC1CCN(C(=O)Cc2cccc3ccccc23)C1. The van der Waals surface area contributed by atoms with E-state index in [4.69, 9.17) is 5.73 Å². The van der Waals surface area contributed by atoms with Crippen LogP contribution in [-0.4, -0.2) is 30.4 Å². The predicted molar refractivity (Wildman–Crippen MR) is 86.0 cm³/mol. The summed E-state index contributed by atoms with van der Waals surface area (Å²) in [5.74, 6) is 0.831. The molecule has 2 aromatic carbocycles. The lowest BCUT2D eigenvalue weighted by atomic mass is 10.0. The molecule has 0 radical (unpaired) electrons. The summed E-state index contributed by atoms with van der Waals surface area (Å²) in [5.41, 5.74) is 6.74. The van der Waals surface area contributed by atoms with Crippen molar-refractivity contribution in [3.63, 3.8) is 0 Å². The van der Waals surface area contributed by atoms with Gasteiger partial charge in [0.2, 0.25) is 5.91 Å². The summed E-state index contributed by atoms with van der Waals surface area (Å²) in [7, 11) is 0. The van der Waals surface area contributed by atoms with Crippen LogP contribution in [0.2, 0.25) is 0 Å². The summed E-state index contributed by atoms with van der Waals surface area (Å²) in [6, 6.07) is 14.4. The fourth-order valence-corrected chi connectivity index (χ4v) is 3.25. The fraction of sp³-hybridized carbons (Fsp3) is 0.389. The minimum atomic E-state index is 0.242. The standard InChI is InChI=1S/C18H22N2O/c19-10-8-14-9-11-20(13-14)18(21)12-16-6-3-5-15-4-1-2-7-17(15)16/h1-7,14H,8-13,19H2. The Kier molecular flexibility index (Phi) is 4.20. The molecule has 0 bridgehead atoms. The number of nitrogens with zero attached hydrogens (tertiary/aromatic N) is 1. The number of rotatable bonds is 4. The Morgan fingerprint density at radius 2 is 2.00 bits per heavy atom. The molecule has 1 fully saturated rings. The van der Waals surface area contributed by atoms with Crippen LogP contribution in [0.1, 0.15) is 18.4 Å². The van der Waals surface area contributed by atoms with Gasteiger partial charge in [0.1, 0.15) is 0 Å². The van der Waals surface area contributed by atoms with E-state index in [2.05, 4.69) is 24.3 Å². The number of hydrogen-bond acceptors (Lipinski definition) is 2. The molecule has 2 aromatic rings. The highest BCUT2D eigenvalue weighted by Crippen LogP contribution is 2.22. The fourth-order valence-electron chi connectivity index (χ4n) is 3.25. The van der Waals surface area contributed by atoms with E-state index in [1.165, 1.54) is 10.8 Å². The van der Waals surface area contributed by atoms with Gasteiger partial charge in [-0.05, 0) is 41.6 Å². The molecule has 21 heavy (non-hydrogen) atoms. The second-order valence-corrected chi connectivity index (χ2v) is 5.89. The van der Waals surface area contributed by atoms with Gasteiger partial charge in [-0.2, -0.15) is 0 Å². The zero-order chi connectivity index (χ0) is 14.7. The van der Waals surface area contributed by atoms with Gasteiger partial charge < -0.3 is 10.6 Å². The summed E-state index contributed by atoms with van der Waals surface area (Å²) >= 11 is 0. The number of likely N-dealkylation sites (tertiary alicyclic amines) is 1. The molecule has 0 spiro atoms. The highest BCUT2D eigenvalue weighted by Gasteiger charge is 2.25. The molecular weight excluding hydrogens is 260 g/mol. The number of nitrogens with two attached hydrogens (primary N) is 1. The average Bonchev–Trinajstić information content (AvgIpc) is 2.97. The van der Waals surface area contributed by atoms with Crippen molar-refractivity contribution in [1.82, 2.24) is 4.90 Å². The Bertz CT molecular complexity index is 633. The van der Waals surface area contributed by atoms with E-state index in [1.54, 1.807) is 0 Å². The molecule has 1 atom stereocenters. The van der Waals surface area contributed by atoms with Crippen molar-refractivity contribution in [2.24, 2.45) is 11.7 Å². The minimum Gasteiger partial charge on any atom is -0.342 e. The lowest BCUT2D eigenvalue weighted by molar-refractivity contribution is -0.129. The van der Waals surface area contributed by atoms with Crippen LogP contribution in [0.25, 0.3) is 10.8 Å². The Morgan fingerprint density at radius 1 is 1.19 bits per heavy atom. The molecule has 3 heteroatoms. The van der Waals surface area contributed by atoms with Gasteiger partial charge in [0, 0.05) is 13.1 Å². The van der Waals surface area contributed by atoms with Crippen LogP contribution < -0.4 is 5.73 Å². The number of fused-ring (bicyclic) bond motifs is 1. The molecule has 0 aliphatic carbocycles. The first-order chi connectivity index (χ1) is 10.3. The third-order valence-electron chi connectivity index (χ3n) is 4.44. The topological polar surface area (TPSA) is 46.3 Å². The van der Waals surface area contributed by atoms with Gasteiger partial charge in [-0.3, -0.25) is 4.79 Å². The monoisotopic (exact) mass is 282 g/mol. The van der Waals surface area contributed by atoms with Gasteiger partial charge in [0.25, 0.3) is 0 Å². The summed E-state index contributed by atoms with van der Waals surface area (Å²) in [4.78, 5) is 14.5. The van der Waals surface area contributed by atoms with Crippen molar-refractivity contribution < 1.29 is 4.79 Å². The molecule has 2 N–H and O–H groups in total. The van der Waals surface area contributed by atoms with Crippen LogP contribution in [0.5, 0.6) is 0 Å². The van der Waals surface area contributed by atoms with Crippen molar-refractivity contribution >= 4 is 16.7 Å². The van der Waals surface area contributed by atoms with E-state index >= 15 is 0 Å².